The van der Waals surface area contributed by atoms with Crippen LogP contribution in [0.1, 0.15) is 64.1 Å². The highest BCUT2D eigenvalue weighted by Gasteiger charge is 2.50. The number of nitrogens with two attached hydrogens (primary N) is 1. The molecule has 4 atom stereocenters. The Balaban J connectivity index is 1.31. The molecule has 15 heteroatoms. The predicted molar refractivity (Wildman–Crippen MR) is 173 cm³/mol. The van der Waals surface area contributed by atoms with Gasteiger partial charge in [-0.05, 0) is 78.1 Å². The molecular formula is C34H40F5N7O3. The number of hydrogen-bond acceptors (Lipinski definition) is 9. The van der Waals surface area contributed by atoms with Crippen molar-refractivity contribution in [2.75, 3.05) is 43.4 Å². The van der Waals surface area contributed by atoms with E-state index in [0.29, 0.717) is 37.6 Å². The van der Waals surface area contributed by atoms with Gasteiger partial charge in [0.15, 0.2) is 5.82 Å². The highest BCUT2D eigenvalue weighted by molar-refractivity contribution is 5.95. The Morgan fingerprint density at radius 3 is 2.45 bits per heavy atom. The molecule has 1 aromatic carbocycles. The van der Waals surface area contributed by atoms with Gasteiger partial charge in [-0.1, -0.05) is 0 Å². The van der Waals surface area contributed by atoms with Gasteiger partial charge in [-0.15, -0.1) is 0 Å². The van der Waals surface area contributed by atoms with Crippen LogP contribution in [0.3, 0.4) is 0 Å². The Morgan fingerprint density at radius 2 is 1.78 bits per heavy atom. The monoisotopic (exact) mass is 689 g/mol. The van der Waals surface area contributed by atoms with E-state index in [1.54, 1.807) is 11.8 Å². The number of aryl methyl sites for hydroxylation is 1. The minimum atomic E-state index is -4.71. The van der Waals surface area contributed by atoms with Crippen LogP contribution in [0.5, 0.6) is 6.01 Å². The largest absolute Gasteiger partial charge is 0.461 e. The molecule has 10 nitrogen and oxygen atoms in total. The van der Waals surface area contributed by atoms with Crippen LogP contribution in [0.2, 0.25) is 0 Å². The average molecular weight is 690 g/mol. The fourth-order valence-corrected chi connectivity index (χ4v) is 8.08. The SMILES string of the molecule is Cc1nc(-c2cc(N)cc(C(F)(F)F)c2)c(F)c2nc(OC[C@@]34CCCN3C[C@H](F)C4)nc(N3C[C@H]4CC[C@@H](C3)N4C(=O)OC(C)(C)C)c12. The van der Waals surface area contributed by atoms with Gasteiger partial charge in [0.25, 0.3) is 0 Å². The van der Waals surface area contributed by atoms with Gasteiger partial charge in [-0.3, -0.25) is 9.80 Å². The van der Waals surface area contributed by atoms with E-state index in [9.17, 15) is 22.4 Å². The second-order valence-corrected chi connectivity index (χ2v) is 14.8. The van der Waals surface area contributed by atoms with E-state index in [-0.39, 0.29) is 52.5 Å². The number of pyridine rings is 1. The van der Waals surface area contributed by atoms with Crippen LogP contribution in [0.15, 0.2) is 18.2 Å². The summed E-state index contributed by atoms with van der Waals surface area (Å²) in [5, 5.41) is 0.281. The predicted octanol–water partition coefficient (Wildman–Crippen LogP) is 6.28. The summed E-state index contributed by atoms with van der Waals surface area (Å²) in [5.74, 6) is -0.608. The Hall–Kier alpha value is -4.01. The number of amides is 1. The number of alkyl halides is 4. The van der Waals surface area contributed by atoms with E-state index in [2.05, 4.69) is 14.9 Å². The van der Waals surface area contributed by atoms with Crippen molar-refractivity contribution in [3.63, 3.8) is 0 Å². The molecular weight excluding hydrogens is 649 g/mol. The third kappa shape index (κ3) is 6.18. The van der Waals surface area contributed by atoms with Crippen LogP contribution in [-0.2, 0) is 10.9 Å². The van der Waals surface area contributed by atoms with E-state index in [1.165, 1.54) is 6.07 Å². The number of carbonyl (C=O) groups is 1. The molecule has 2 N–H and O–H groups in total. The fourth-order valence-electron chi connectivity index (χ4n) is 8.08. The Morgan fingerprint density at radius 1 is 1.06 bits per heavy atom. The molecule has 1 amide bonds. The molecule has 264 valence electrons. The van der Waals surface area contributed by atoms with Gasteiger partial charge < -0.3 is 20.1 Å². The van der Waals surface area contributed by atoms with Crippen molar-refractivity contribution in [1.82, 2.24) is 24.8 Å². The molecule has 0 unspecified atom stereocenters. The zero-order valence-electron chi connectivity index (χ0n) is 27.9. The summed E-state index contributed by atoms with van der Waals surface area (Å²) in [6.07, 6.45) is -2.67. The van der Waals surface area contributed by atoms with Gasteiger partial charge in [0.1, 0.15) is 35.4 Å². The number of aromatic nitrogens is 3. The van der Waals surface area contributed by atoms with Crippen molar-refractivity contribution in [1.29, 1.82) is 0 Å². The lowest BCUT2D eigenvalue weighted by molar-refractivity contribution is -0.137. The van der Waals surface area contributed by atoms with E-state index in [4.69, 9.17) is 20.2 Å². The first-order valence-electron chi connectivity index (χ1n) is 16.7. The van der Waals surface area contributed by atoms with Crippen LogP contribution in [-0.4, -0.2) is 93.0 Å². The van der Waals surface area contributed by atoms with Crippen molar-refractivity contribution in [2.24, 2.45) is 0 Å². The van der Waals surface area contributed by atoms with E-state index < -0.39 is 41.0 Å². The van der Waals surface area contributed by atoms with Crippen LogP contribution in [0, 0.1) is 12.7 Å². The lowest BCUT2D eigenvalue weighted by Crippen LogP contribution is -2.57. The Labute approximate surface area is 280 Å². The first kappa shape index (κ1) is 33.5. The van der Waals surface area contributed by atoms with Crippen LogP contribution in [0.25, 0.3) is 22.2 Å². The second-order valence-electron chi connectivity index (χ2n) is 14.8. The minimum Gasteiger partial charge on any atom is -0.461 e. The molecule has 3 aromatic rings. The number of nitrogens with zero attached hydrogens (tertiary/aromatic N) is 6. The third-order valence-corrected chi connectivity index (χ3v) is 10.1. The van der Waals surface area contributed by atoms with Gasteiger partial charge in [0.2, 0.25) is 0 Å². The Kier molecular flexibility index (Phi) is 8.07. The first-order valence-corrected chi connectivity index (χ1v) is 16.7. The fraction of sp³-hybridized carbons (Fsp3) is 0.588. The number of halogens is 5. The number of carbonyl (C=O) groups excluding carboxylic acids is 1. The molecule has 4 fully saturated rings. The average Bonchev–Trinajstić information content (AvgIpc) is 3.62. The van der Waals surface area contributed by atoms with Crippen molar-refractivity contribution in [3.8, 4) is 17.3 Å². The standard InChI is InChI=1S/C34H40F5N7O3/c1-18-25-28(26(36)27(41-18)19-10-20(34(37,38)39)12-22(40)11-19)42-30(48-17-33-8-5-9-45(33)14-21(35)13-33)43-29(25)44-15-23-6-7-24(16-44)46(23)31(47)49-32(2,3)4/h10-12,21,23-24H,5-9,13-17,40H2,1-4H3/t21-,23-,24+,33+/m1/s1. The number of hydrogen-bond donors (Lipinski definition) is 1. The molecule has 2 aromatic heterocycles. The summed E-state index contributed by atoms with van der Waals surface area (Å²) in [7, 11) is 0. The lowest BCUT2D eigenvalue weighted by Gasteiger charge is -2.42. The highest BCUT2D eigenvalue weighted by atomic mass is 19.4. The molecule has 0 saturated carbocycles. The van der Waals surface area contributed by atoms with Crippen molar-refractivity contribution in [3.05, 3.63) is 35.3 Å². The Bertz CT molecular complexity index is 1790. The number of anilines is 2. The molecule has 4 aliphatic heterocycles. The molecule has 6 heterocycles. The van der Waals surface area contributed by atoms with Crippen molar-refractivity contribution in [2.45, 2.75) is 95.4 Å². The van der Waals surface area contributed by atoms with Crippen LogP contribution < -0.4 is 15.4 Å². The summed E-state index contributed by atoms with van der Waals surface area (Å²) < 4.78 is 84.1. The summed E-state index contributed by atoms with van der Waals surface area (Å²) in [5.41, 5.74) is 3.03. The summed E-state index contributed by atoms with van der Waals surface area (Å²) >= 11 is 0. The quantitative estimate of drug-likeness (QED) is 0.245. The molecule has 0 aliphatic carbocycles. The van der Waals surface area contributed by atoms with Gasteiger partial charge in [0.05, 0.1) is 34.3 Å². The maximum atomic E-state index is 16.6. The second kappa shape index (κ2) is 11.8. The number of rotatable bonds is 5. The normalized spacial score (nSPS) is 25.7. The first-order chi connectivity index (χ1) is 23.0. The van der Waals surface area contributed by atoms with Crippen molar-refractivity contribution < 1.29 is 36.2 Å². The van der Waals surface area contributed by atoms with Gasteiger partial charge in [-0.2, -0.15) is 23.1 Å². The maximum Gasteiger partial charge on any atom is 0.416 e. The van der Waals surface area contributed by atoms with Gasteiger partial charge in [0, 0.05) is 37.3 Å². The van der Waals surface area contributed by atoms with E-state index in [0.717, 1.165) is 44.4 Å². The van der Waals surface area contributed by atoms with Crippen LogP contribution >= 0.6 is 0 Å². The number of ether oxygens (including phenoxy) is 2. The molecule has 49 heavy (non-hydrogen) atoms. The maximum absolute atomic E-state index is 16.6. The van der Waals surface area contributed by atoms with Gasteiger partial charge >= 0.3 is 18.3 Å². The zero-order valence-corrected chi connectivity index (χ0v) is 27.9. The summed E-state index contributed by atoms with van der Waals surface area (Å²) in [4.78, 5) is 32.7. The number of piperazine rings is 1. The number of benzene rings is 1. The highest BCUT2D eigenvalue weighted by Crippen LogP contribution is 2.42. The third-order valence-electron chi connectivity index (χ3n) is 10.1. The molecule has 4 aliphatic rings. The summed E-state index contributed by atoms with van der Waals surface area (Å²) in [6, 6.07) is 2.30. The van der Waals surface area contributed by atoms with E-state index >= 15 is 4.39 Å². The number of fused-ring (bicyclic) bond motifs is 4. The molecule has 4 saturated heterocycles. The zero-order chi connectivity index (χ0) is 35.0. The van der Waals surface area contributed by atoms with Crippen LogP contribution in [0.4, 0.5) is 38.3 Å². The molecule has 7 rings (SSSR count). The van der Waals surface area contributed by atoms with Gasteiger partial charge in [-0.25, -0.2) is 18.6 Å². The topological polar surface area (TPSA) is 110 Å². The van der Waals surface area contributed by atoms with Crippen molar-refractivity contribution >= 4 is 28.5 Å². The lowest BCUT2D eigenvalue weighted by atomic mass is 9.95. The molecule has 0 radical (unpaired) electrons. The molecule has 2 bridgehead atoms. The summed E-state index contributed by atoms with van der Waals surface area (Å²) in [6.45, 7) is 8.97. The van der Waals surface area contributed by atoms with E-state index in [1.807, 2.05) is 25.7 Å². The molecule has 0 spiro atoms. The smallest absolute Gasteiger partial charge is 0.416 e. The number of nitrogen functional groups attached to an aromatic ring is 1. The minimum absolute atomic E-state index is 0.0960.